The lowest BCUT2D eigenvalue weighted by Crippen LogP contribution is -2.32. The summed E-state index contributed by atoms with van der Waals surface area (Å²) in [6, 6.07) is 10.7. The van der Waals surface area contributed by atoms with Gasteiger partial charge in [-0.25, -0.2) is 9.67 Å². The summed E-state index contributed by atoms with van der Waals surface area (Å²) in [6.45, 7) is 0. The minimum atomic E-state index is -4.90. The van der Waals surface area contributed by atoms with Gasteiger partial charge in [0.1, 0.15) is 6.04 Å². The molecule has 0 amide bonds. The fourth-order valence-electron chi connectivity index (χ4n) is 3.93. The normalized spacial score (nSPS) is 12.9. The second-order valence-corrected chi connectivity index (χ2v) is 8.55. The summed E-state index contributed by atoms with van der Waals surface area (Å²) >= 11 is 0. The van der Waals surface area contributed by atoms with E-state index in [0.717, 1.165) is 0 Å². The number of nitrogen functional groups attached to an aromatic ring is 1. The highest BCUT2D eigenvalue weighted by atomic mass is 19.4. The Hall–Kier alpha value is -4.85. The van der Waals surface area contributed by atoms with Crippen molar-refractivity contribution in [2.75, 3.05) is 20.0 Å². The number of benzene rings is 2. The Bertz CT molecular complexity index is 1480. The van der Waals surface area contributed by atoms with Crippen molar-refractivity contribution in [3.8, 4) is 34.3 Å². The molecule has 2 heterocycles. The molecule has 1 unspecified atom stereocenters. The zero-order valence-electron chi connectivity index (χ0n) is 21.3. The van der Waals surface area contributed by atoms with E-state index in [2.05, 4.69) is 15.1 Å². The van der Waals surface area contributed by atoms with Gasteiger partial charge in [-0.15, -0.1) is 0 Å². The smallest absolute Gasteiger partial charge is 0.429 e. The van der Waals surface area contributed by atoms with E-state index in [4.69, 9.17) is 30.8 Å². The van der Waals surface area contributed by atoms with E-state index in [1.54, 1.807) is 30.3 Å². The predicted octanol–water partition coefficient (Wildman–Crippen LogP) is 3.57. The van der Waals surface area contributed by atoms with E-state index in [0.29, 0.717) is 11.1 Å². The first-order valence-electron chi connectivity index (χ1n) is 11.7. The Balaban J connectivity index is 1.73. The highest BCUT2D eigenvalue weighted by molar-refractivity contribution is 5.73. The van der Waals surface area contributed by atoms with Crippen molar-refractivity contribution < 1.29 is 37.3 Å². The van der Waals surface area contributed by atoms with Gasteiger partial charge in [-0.2, -0.15) is 23.3 Å². The molecule has 0 aliphatic heterocycles. The van der Waals surface area contributed by atoms with Crippen LogP contribution in [0.2, 0.25) is 0 Å². The van der Waals surface area contributed by atoms with Crippen molar-refractivity contribution in [1.82, 2.24) is 19.7 Å². The Labute approximate surface area is 226 Å². The number of carbonyl (C=O) groups is 1. The fraction of sp³-hybridized carbons (Fsp3) is 0.231. The second-order valence-electron chi connectivity index (χ2n) is 8.55. The summed E-state index contributed by atoms with van der Waals surface area (Å²) in [5.74, 6) is -1.64. The predicted molar refractivity (Wildman–Crippen MR) is 137 cm³/mol. The molecule has 5 N–H and O–H groups in total. The molecule has 4 aromatic rings. The molecule has 0 spiro atoms. The summed E-state index contributed by atoms with van der Waals surface area (Å²) < 4.78 is 60.7. The third-order valence-electron chi connectivity index (χ3n) is 5.84. The molecule has 0 aliphatic carbocycles. The van der Waals surface area contributed by atoms with E-state index in [-0.39, 0.29) is 40.8 Å². The number of anilines is 1. The number of carboxylic acids is 1. The molecular formula is C26H25F3N6O5. The molecule has 0 bridgehead atoms. The highest BCUT2D eigenvalue weighted by Gasteiger charge is 2.45. The lowest BCUT2D eigenvalue weighted by molar-refractivity contribution is -0.198. The summed E-state index contributed by atoms with van der Waals surface area (Å²) in [5, 5.41) is 13.1. The lowest BCUT2D eigenvalue weighted by atomic mass is 10.0. The van der Waals surface area contributed by atoms with Gasteiger partial charge >= 0.3 is 12.1 Å². The molecule has 11 nitrogen and oxygen atoms in total. The molecule has 210 valence electrons. The number of aliphatic carboxylic acids is 1. The van der Waals surface area contributed by atoms with Gasteiger partial charge in [0.05, 0.1) is 25.6 Å². The van der Waals surface area contributed by atoms with E-state index in [1.807, 2.05) is 0 Å². The third kappa shape index (κ3) is 6.23. The molecule has 0 fully saturated rings. The number of aromatic nitrogens is 4. The number of methoxy groups -OCH3 is 2. The molecule has 4 rings (SSSR count). The number of halogens is 3. The van der Waals surface area contributed by atoms with Crippen molar-refractivity contribution >= 4 is 11.9 Å². The maximum absolute atomic E-state index is 14.5. The number of ether oxygens (including phenoxy) is 3. The van der Waals surface area contributed by atoms with Gasteiger partial charge in [-0.3, -0.25) is 4.79 Å². The van der Waals surface area contributed by atoms with Gasteiger partial charge < -0.3 is 30.8 Å². The molecule has 2 aromatic carbocycles. The van der Waals surface area contributed by atoms with Crippen LogP contribution < -0.4 is 25.7 Å². The van der Waals surface area contributed by atoms with Crippen LogP contribution in [0.15, 0.2) is 60.9 Å². The quantitative estimate of drug-likeness (QED) is 0.262. The number of rotatable bonds is 10. The van der Waals surface area contributed by atoms with Gasteiger partial charge in [-0.05, 0) is 24.1 Å². The number of alkyl halides is 3. The summed E-state index contributed by atoms with van der Waals surface area (Å²) in [4.78, 5) is 19.0. The van der Waals surface area contributed by atoms with Crippen LogP contribution >= 0.6 is 0 Å². The van der Waals surface area contributed by atoms with Crippen LogP contribution in [0.3, 0.4) is 0 Å². The summed E-state index contributed by atoms with van der Waals surface area (Å²) in [6.07, 6.45) is -4.42. The molecule has 2 atom stereocenters. The first kappa shape index (κ1) is 28.2. The van der Waals surface area contributed by atoms with Crippen LogP contribution in [0, 0.1) is 0 Å². The van der Waals surface area contributed by atoms with Crippen LogP contribution in [-0.2, 0) is 11.2 Å². The van der Waals surface area contributed by atoms with Crippen LogP contribution in [0.5, 0.6) is 17.4 Å². The highest BCUT2D eigenvalue weighted by Crippen LogP contribution is 2.43. The number of nitrogens with two attached hydrogens (primary N) is 2. The molecule has 0 saturated carbocycles. The standard InChI is InChI=1S/C26H25F3N6O5/c1-38-20-11-16(19(13-21(20)39-2)35-9-3-8-32-35)23(26(27,28)29)40-22-12-18(33-25(31)34-22)15-6-4-14(5-7-15)10-17(30)24(36)37/h3-9,11-13,17,23H,10,30H2,1-2H3,(H,36,37)(H2,31,33,34)/t17-,23?/m0/s1. The molecule has 0 radical (unpaired) electrons. The Morgan fingerprint density at radius 2 is 1.75 bits per heavy atom. The summed E-state index contributed by atoms with van der Waals surface area (Å²) in [7, 11) is 2.66. The van der Waals surface area contributed by atoms with Gasteiger partial charge in [0.25, 0.3) is 0 Å². The topological polar surface area (TPSA) is 161 Å². The van der Waals surface area contributed by atoms with E-state index < -0.39 is 30.2 Å². The SMILES string of the molecule is COc1cc(C(Oc2cc(-c3ccc(C[C@H](N)C(=O)O)cc3)nc(N)n2)C(F)(F)F)c(-n2cccn2)cc1OC. The minimum Gasteiger partial charge on any atom is -0.493 e. The average molecular weight is 559 g/mol. The van der Waals surface area contributed by atoms with Gasteiger partial charge in [-0.1, -0.05) is 24.3 Å². The van der Waals surface area contributed by atoms with Crippen LogP contribution in [-0.4, -0.2) is 57.3 Å². The second kappa shape index (κ2) is 11.5. The molecule has 14 heteroatoms. The van der Waals surface area contributed by atoms with Gasteiger partial charge in [0.2, 0.25) is 17.9 Å². The summed E-state index contributed by atoms with van der Waals surface area (Å²) in [5.41, 5.74) is 12.5. The van der Waals surface area contributed by atoms with Crippen molar-refractivity contribution in [3.63, 3.8) is 0 Å². The minimum absolute atomic E-state index is 0.0439. The van der Waals surface area contributed by atoms with Crippen molar-refractivity contribution in [2.24, 2.45) is 5.73 Å². The Morgan fingerprint density at radius 3 is 2.33 bits per heavy atom. The maximum atomic E-state index is 14.5. The van der Waals surface area contributed by atoms with Gasteiger partial charge in [0.15, 0.2) is 11.5 Å². The lowest BCUT2D eigenvalue weighted by Gasteiger charge is -2.25. The van der Waals surface area contributed by atoms with Crippen molar-refractivity contribution in [1.29, 1.82) is 0 Å². The first-order chi connectivity index (χ1) is 19.0. The maximum Gasteiger partial charge on any atom is 0.429 e. The Morgan fingerprint density at radius 1 is 1.07 bits per heavy atom. The Kier molecular flexibility index (Phi) is 8.09. The fourth-order valence-corrected chi connectivity index (χ4v) is 3.93. The number of hydrogen-bond donors (Lipinski definition) is 3. The van der Waals surface area contributed by atoms with Crippen LogP contribution in [0.4, 0.5) is 19.1 Å². The zero-order chi connectivity index (χ0) is 29.0. The van der Waals surface area contributed by atoms with E-state index in [1.165, 1.54) is 49.5 Å². The number of nitrogens with zero attached hydrogens (tertiary/aromatic N) is 4. The molecule has 0 saturated heterocycles. The first-order valence-corrected chi connectivity index (χ1v) is 11.7. The molecular weight excluding hydrogens is 533 g/mol. The monoisotopic (exact) mass is 558 g/mol. The largest absolute Gasteiger partial charge is 0.493 e. The zero-order valence-corrected chi connectivity index (χ0v) is 21.3. The number of carboxylic acid groups (broad SMARTS) is 1. The number of hydrogen-bond acceptors (Lipinski definition) is 9. The van der Waals surface area contributed by atoms with Crippen LogP contribution in [0.1, 0.15) is 17.2 Å². The van der Waals surface area contributed by atoms with Crippen molar-refractivity contribution in [2.45, 2.75) is 24.7 Å². The van der Waals surface area contributed by atoms with E-state index in [9.17, 15) is 18.0 Å². The van der Waals surface area contributed by atoms with Crippen molar-refractivity contribution in [3.05, 3.63) is 72.1 Å². The van der Waals surface area contributed by atoms with Gasteiger partial charge in [0, 0.05) is 35.7 Å². The molecule has 0 aliphatic rings. The van der Waals surface area contributed by atoms with E-state index >= 15 is 0 Å². The molecule has 2 aromatic heterocycles. The average Bonchev–Trinajstić information content (AvgIpc) is 3.45. The van der Waals surface area contributed by atoms with Crippen LogP contribution in [0.25, 0.3) is 16.9 Å². The molecule has 40 heavy (non-hydrogen) atoms. The third-order valence-corrected chi connectivity index (χ3v) is 5.84.